The number of ether oxygens (including phenoxy) is 1. The lowest BCUT2D eigenvalue weighted by Crippen LogP contribution is -2.31. The highest BCUT2D eigenvalue weighted by molar-refractivity contribution is 6.20. The van der Waals surface area contributed by atoms with E-state index in [1.807, 2.05) is 11.5 Å². The predicted molar refractivity (Wildman–Crippen MR) is 79.9 cm³/mol. The summed E-state index contributed by atoms with van der Waals surface area (Å²) in [5.41, 5.74) is 1.83. The summed E-state index contributed by atoms with van der Waals surface area (Å²) in [5, 5.41) is 8.97. The van der Waals surface area contributed by atoms with Crippen molar-refractivity contribution in [2.45, 2.75) is 37.8 Å². The molecule has 3 rings (SSSR count). The van der Waals surface area contributed by atoms with E-state index < -0.39 is 5.97 Å². The van der Waals surface area contributed by atoms with Crippen LogP contribution in [0, 0.1) is 0 Å². The first-order chi connectivity index (χ1) is 10.1. The second-order valence-electron chi connectivity index (χ2n) is 5.25. The van der Waals surface area contributed by atoms with E-state index in [9.17, 15) is 4.79 Å². The second-order valence-corrected chi connectivity index (χ2v) is 5.77. The smallest absolute Gasteiger partial charge is 0.335 e. The van der Waals surface area contributed by atoms with Crippen LogP contribution in [-0.4, -0.2) is 33.3 Å². The lowest BCUT2D eigenvalue weighted by molar-refractivity contribution is -0.0590. The van der Waals surface area contributed by atoms with Gasteiger partial charge >= 0.3 is 5.97 Å². The van der Waals surface area contributed by atoms with Gasteiger partial charge < -0.3 is 14.4 Å². The molecule has 0 amide bonds. The molecule has 21 heavy (non-hydrogen) atoms. The molecular weight excluding hydrogens is 292 g/mol. The van der Waals surface area contributed by atoms with Crippen LogP contribution in [0.4, 0.5) is 0 Å². The molecule has 2 heterocycles. The van der Waals surface area contributed by atoms with E-state index in [1.165, 1.54) is 0 Å². The van der Waals surface area contributed by atoms with E-state index in [4.69, 9.17) is 21.4 Å². The molecule has 112 valence electrons. The van der Waals surface area contributed by atoms with Gasteiger partial charge in [0.2, 0.25) is 0 Å². The zero-order chi connectivity index (χ0) is 15.0. The Balaban J connectivity index is 2.10. The van der Waals surface area contributed by atoms with Crippen molar-refractivity contribution >= 4 is 28.6 Å². The Hall–Kier alpha value is -1.59. The zero-order valence-corrected chi connectivity index (χ0v) is 12.5. The third-order valence-electron chi connectivity index (χ3n) is 3.84. The number of halogens is 1. The van der Waals surface area contributed by atoms with Gasteiger partial charge in [0.1, 0.15) is 5.82 Å². The topological polar surface area (TPSA) is 64.3 Å². The van der Waals surface area contributed by atoms with Crippen molar-refractivity contribution in [2.75, 3.05) is 6.61 Å². The second kappa shape index (κ2) is 5.66. The number of hydrogen-bond donors (Lipinski definition) is 1. The monoisotopic (exact) mass is 308 g/mol. The van der Waals surface area contributed by atoms with Crippen molar-refractivity contribution in [3.05, 3.63) is 29.6 Å². The number of nitrogens with zero attached hydrogens (tertiary/aromatic N) is 2. The van der Waals surface area contributed by atoms with Crippen LogP contribution < -0.4 is 0 Å². The van der Waals surface area contributed by atoms with Crippen LogP contribution >= 0.6 is 11.6 Å². The van der Waals surface area contributed by atoms with Crippen molar-refractivity contribution in [2.24, 2.45) is 0 Å². The number of rotatable bonds is 5. The Kier molecular flexibility index (Phi) is 3.87. The molecule has 1 aromatic heterocycles. The van der Waals surface area contributed by atoms with Gasteiger partial charge in [0.15, 0.2) is 0 Å². The van der Waals surface area contributed by atoms with Crippen molar-refractivity contribution < 1.29 is 14.6 Å². The average molecular weight is 309 g/mol. The number of fused-ring (bicyclic) bond motifs is 1. The summed E-state index contributed by atoms with van der Waals surface area (Å²) in [6.45, 7) is 3.45. The number of carboxylic acids is 1. The van der Waals surface area contributed by atoms with Gasteiger partial charge in [-0.05, 0) is 31.0 Å². The molecule has 1 N–H and O–H groups in total. The van der Waals surface area contributed by atoms with Crippen LogP contribution in [-0.2, 0) is 11.3 Å². The largest absolute Gasteiger partial charge is 0.478 e. The molecule has 0 spiro atoms. The maximum absolute atomic E-state index is 11.2. The normalized spacial score (nSPS) is 19.4. The molecule has 6 heteroatoms. The lowest BCUT2D eigenvalue weighted by Gasteiger charge is -2.28. The van der Waals surface area contributed by atoms with E-state index in [-0.39, 0.29) is 17.0 Å². The first-order valence-corrected chi connectivity index (χ1v) is 7.53. The first-order valence-electron chi connectivity index (χ1n) is 7.09. The quantitative estimate of drug-likeness (QED) is 0.861. The maximum Gasteiger partial charge on any atom is 0.335 e. The number of imidazole rings is 1. The molecule has 5 nitrogen and oxygen atoms in total. The van der Waals surface area contributed by atoms with Gasteiger partial charge in [-0.3, -0.25) is 0 Å². The lowest BCUT2D eigenvalue weighted by atomic mass is 10.1. The molecule has 2 atom stereocenters. The minimum Gasteiger partial charge on any atom is -0.478 e. The van der Waals surface area contributed by atoms with E-state index in [0.29, 0.717) is 6.54 Å². The molecule has 1 aliphatic rings. The summed E-state index contributed by atoms with van der Waals surface area (Å²) in [4.78, 5) is 15.7. The van der Waals surface area contributed by atoms with Gasteiger partial charge in [-0.25, -0.2) is 9.78 Å². The fraction of sp³-hybridized carbons (Fsp3) is 0.467. The Morgan fingerprint density at radius 2 is 2.38 bits per heavy atom. The highest BCUT2D eigenvalue weighted by Gasteiger charge is 2.24. The molecule has 1 saturated heterocycles. The first kappa shape index (κ1) is 14.4. The number of hydrogen-bond acceptors (Lipinski definition) is 3. The van der Waals surface area contributed by atoms with Crippen molar-refractivity contribution in [3.8, 4) is 0 Å². The summed E-state index contributed by atoms with van der Waals surface area (Å²) >= 11 is 6.37. The summed E-state index contributed by atoms with van der Waals surface area (Å²) in [7, 11) is 0. The van der Waals surface area contributed by atoms with Crippen LogP contribution in [0.15, 0.2) is 18.2 Å². The van der Waals surface area contributed by atoms with Gasteiger partial charge in [-0.2, -0.15) is 0 Å². The third kappa shape index (κ3) is 2.63. The Bertz CT molecular complexity index is 679. The molecule has 1 fully saturated rings. The van der Waals surface area contributed by atoms with Crippen LogP contribution in [0.1, 0.15) is 41.3 Å². The van der Waals surface area contributed by atoms with E-state index >= 15 is 0 Å². The van der Waals surface area contributed by atoms with E-state index in [0.717, 1.165) is 36.3 Å². The Morgan fingerprint density at radius 1 is 1.62 bits per heavy atom. The summed E-state index contributed by atoms with van der Waals surface area (Å²) in [6.07, 6.45) is 1.94. The van der Waals surface area contributed by atoms with Gasteiger partial charge in [0.25, 0.3) is 0 Å². The molecule has 0 radical (unpaired) electrons. The van der Waals surface area contributed by atoms with Crippen molar-refractivity contribution in [1.29, 1.82) is 0 Å². The number of carbonyl (C=O) groups is 1. The highest BCUT2D eigenvalue weighted by Crippen LogP contribution is 2.29. The number of aromatic nitrogens is 2. The van der Waals surface area contributed by atoms with Crippen LogP contribution in [0.5, 0.6) is 0 Å². The molecule has 1 aliphatic heterocycles. The van der Waals surface area contributed by atoms with Gasteiger partial charge in [-0.15, -0.1) is 11.6 Å². The Labute approximate surface area is 127 Å². The zero-order valence-electron chi connectivity index (χ0n) is 11.8. The molecule has 1 aromatic carbocycles. The van der Waals surface area contributed by atoms with Crippen LogP contribution in [0.3, 0.4) is 0 Å². The molecule has 1 unspecified atom stereocenters. The minimum absolute atomic E-state index is 0.162. The molecule has 0 bridgehead atoms. The number of alkyl halides is 1. The fourth-order valence-electron chi connectivity index (χ4n) is 2.52. The Morgan fingerprint density at radius 3 is 2.95 bits per heavy atom. The fourth-order valence-corrected chi connectivity index (χ4v) is 2.69. The van der Waals surface area contributed by atoms with Gasteiger partial charge in [-0.1, -0.05) is 6.92 Å². The third-order valence-corrected chi connectivity index (χ3v) is 4.35. The molecule has 0 saturated carbocycles. The molecule has 0 aliphatic carbocycles. The SMILES string of the molecule is CCC(Cl)c1nc2ccc(C(=O)O)cc2n1C[C@@H]1CCO1. The minimum atomic E-state index is -0.941. The average Bonchev–Trinajstić information content (AvgIpc) is 2.79. The van der Waals surface area contributed by atoms with Gasteiger partial charge in [0, 0.05) is 6.61 Å². The van der Waals surface area contributed by atoms with Crippen molar-refractivity contribution in [3.63, 3.8) is 0 Å². The maximum atomic E-state index is 11.2. The molecule has 2 aromatic rings. The van der Waals surface area contributed by atoms with E-state index in [2.05, 4.69) is 4.98 Å². The van der Waals surface area contributed by atoms with Crippen molar-refractivity contribution in [1.82, 2.24) is 9.55 Å². The summed E-state index contributed by atoms with van der Waals surface area (Å²) in [6, 6.07) is 4.96. The highest BCUT2D eigenvalue weighted by atomic mass is 35.5. The summed E-state index contributed by atoms with van der Waals surface area (Å²) in [5.74, 6) is -0.156. The standard InChI is InChI=1S/C15H17ClN2O3/c1-2-11(16)14-17-12-4-3-9(15(19)20)7-13(12)18(14)8-10-5-6-21-10/h3-4,7,10-11H,2,5-6,8H2,1H3,(H,19,20)/t10-,11?/m0/s1. The van der Waals surface area contributed by atoms with Crippen LogP contribution in [0.25, 0.3) is 11.0 Å². The van der Waals surface area contributed by atoms with E-state index in [1.54, 1.807) is 18.2 Å². The van der Waals surface area contributed by atoms with Gasteiger partial charge in [0.05, 0.1) is 34.6 Å². The number of aromatic carboxylic acids is 1. The number of carboxylic acid groups (broad SMARTS) is 1. The van der Waals surface area contributed by atoms with Crippen LogP contribution in [0.2, 0.25) is 0 Å². The predicted octanol–water partition coefficient (Wildman–Crippen LogP) is 3.21. The summed E-state index contributed by atoms with van der Waals surface area (Å²) < 4.78 is 7.50. The molecular formula is C15H17ClN2O3. The number of benzene rings is 1.